The van der Waals surface area contributed by atoms with E-state index in [4.69, 9.17) is 9.47 Å². The normalized spacial score (nSPS) is 11.8. The van der Waals surface area contributed by atoms with E-state index in [2.05, 4.69) is 38.0 Å². The van der Waals surface area contributed by atoms with Gasteiger partial charge in [0.2, 0.25) is 0 Å². The van der Waals surface area contributed by atoms with E-state index in [0.717, 1.165) is 35.1 Å². The third kappa shape index (κ3) is 5.78. The van der Waals surface area contributed by atoms with Gasteiger partial charge in [0.05, 0.1) is 11.9 Å². The van der Waals surface area contributed by atoms with Crippen molar-refractivity contribution < 1.29 is 9.47 Å². The third-order valence-corrected chi connectivity index (χ3v) is 4.28. The maximum Gasteiger partial charge on any atom is 0.151 e. The zero-order valence-corrected chi connectivity index (χ0v) is 16.5. The first-order valence-corrected chi connectivity index (χ1v) is 9.30. The van der Waals surface area contributed by atoms with E-state index in [1.807, 2.05) is 61.5 Å². The molecule has 0 bridgehead atoms. The third-order valence-electron chi connectivity index (χ3n) is 4.28. The molecule has 2 rings (SSSR count). The summed E-state index contributed by atoms with van der Waals surface area (Å²) in [6.07, 6.45) is 4.35. The second kappa shape index (κ2) is 10.3. The molecule has 1 atom stereocenters. The van der Waals surface area contributed by atoms with Gasteiger partial charge in [-0.3, -0.25) is 0 Å². The number of anilines is 1. The van der Waals surface area contributed by atoms with Crippen molar-refractivity contribution in [3.8, 4) is 11.5 Å². The molecule has 0 saturated heterocycles. The highest BCUT2D eigenvalue weighted by Gasteiger charge is 2.19. The topological polar surface area (TPSA) is 21.7 Å². The van der Waals surface area contributed by atoms with E-state index < -0.39 is 0 Å². The van der Waals surface area contributed by atoms with Gasteiger partial charge in [0.25, 0.3) is 0 Å². The van der Waals surface area contributed by atoms with Gasteiger partial charge >= 0.3 is 0 Å². The Labute approximate surface area is 163 Å². The quantitative estimate of drug-likeness (QED) is 0.428. The fourth-order valence-electron chi connectivity index (χ4n) is 2.62. The van der Waals surface area contributed by atoms with Crippen LogP contribution in [0.15, 0.2) is 91.5 Å². The summed E-state index contributed by atoms with van der Waals surface area (Å²) >= 11 is 0. The standard InChI is InChI=1S/C24H29NO2/c1-6-17-26-21(5)19(3)18-25(20(4)7-2)23-15-11-12-16-24(23)27-22-13-9-8-10-14-22/h6,8-17,19H,4-5,7,18H2,1-3H3. The molecule has 0 fully saturated rings. The Bertz CT molecular complexity index is 780. The first-order chi connectivity index (χ1) is 13.1. The van der Waals surface area contributed by atoms with Crippen LogP contribution >= 0.6 is 0 Å². The van der Waals surface area contributed by atoms with Crippen molar-refractivity contribution >= 4 is 5.69 Å². The molecule has 1 unspecified atom stereocenters. The Morgan fingerprint density at radius 2 is 1.74 bits per heavy atom. The summed E-state index contributed by atoms with van der Waals surface area (Å²) < 4.78 is 11.7. The van der Waals surface area contributed by atoms with Crippen LogP contribution in [0.5, 0.6) is 11.5 Å². The summed E-state index contributed by atoms with van der Waals surface area (Å²) in [5.74, 6) is 2.45. The molecule has 0 amide bonds. The lowest BCUT2D eigenvalue weighted by atomic mass is 10.1. The van der Waals surface area contributed by atoms with Crippen LogP contribution in [0.3, 0.4) is 0 Å². The summed E-state index contributed by atoms with van der Waals surface area (Å²) in [7, 11) is 0. The molecule has 0 spiro atoms. The van der Waals surface area contributed by atoms with E-state index in [9.17, 15) is 0 Å². The van der Waals surface area contributed by atoms with E-state index in [-0.39, 0.29) is 5.92 Å². The molecule has 0 aliphatic carbocycles. The molecule has 0 aromatic heterocycles. The summed E-state index contributed by atoms with van der Waals surface area (Å²) in [6.45, 7) is 15.1. The van der Waals surface area contributed by atoms with Gasteiger partial charge in [-0.25, -0.2) is 0 Å². The molecule has 0 saturated carbocycles. The number of para-hydroxylation sites is 3. The van der Waals surface area contributed by atoms with Gasteiger partial charge < -0.3 is 14.4 Å². The van der Waals surface area contributed by atoms with Crippen LogP contribution in [0.2, 0.25) is 0 Å². The highest BCUT2D eigenvalue weighted by Crippen LogP contribution is 2.35. The minimum atomic E-state index is 0.120. The van der Waals surface area contributed by atoms with Crippen molar-refractivity contribution in [1.82, 2.24) is 0 Å². The minimum absolute atomic E-state index is 0.120. The van der Waals surface area contributed by atoms with Crippen molar-refractivity contribution in [2.75, 3.05) is 11.4 Å². The summed E-state index contributed by atoms with van der Waals surface area (Å²) in [6, 6.07) is 17.8. The minimum Gasteiger partial charge on any atom is -0.470 e. The average molecular weight is 364 g/mol. The van der Waals surface area contributed by atoms with E-state index in [1.165, 1.54) is 0 Å². The number of ether oxygens (including phenoxy) is 2. The lowest BCUT2D eigenvalue weighted by molar-refractivity contribution is 0.300. The predicted molar refractivity (Wildman–Crippen MR) is 114 cm³/mol. The Morgan fingerprint density at radius 1 is 1.07 bits per heavy atom. The van der Waals surface area contributed by atoms with Gasteiger partial charge in [-0.2, -0.15) is 0 Å². The van der Waals surface area contributed by atoms with Crippen LogP contribution in [0, 0.1) is 5.92 Å². The van der Waals surface area contributed by atoms with Crippen LogP contribution in [0.4, 0.5) is 5.69 Å². The van der Waals surface area contributed by atoms with E-state index >= 15 is 0 Å². The van der Waals surface area contributed by atoms with Gasteiger partial charge in [0.1, 0.15) is 11.5 Å². The SMILES string of the molecule is C=C(OC=CC)C(C)CN(C(=C)CC)c1ccccc1Oc1ccccc1. The van der Waals surface area contributed by atoms with Crippen molar-refractivity contribution in [1.29, 1.82) is 0 Å². The summed E-state index contributed by atoms with van der Waals surface area (Å²) in [4.78, 5) is 2.19. The molecule has 3 heteroatoms. The molecular formula is C24H29NO2. The fourth-order valence-corrected chi connectivity index (χ4v) is 2.62. The molecule has 0 heterocycles. The maximum absolute atomic E-state index is 6.14. The molecule has 0 radical (unpaired) electrons. The van der Waals surface area contributed by atoms with Crippen LogP contribution in [0.25, 0.3) is 0 Å². The van der Waals surface area contributed by atoms with Gasteiger partial charge in [-0.1, -0.05) is 63.4 Å². The molecule has 2 aromatic rings. The monoisotopic (exact) mass is 363 g/mol. The van der Waals surface area contributed by atoms with Crippen LogP contribution in [-0.2, 0) is 4.74 Å². The molecule has 0 N–H and O–H groups in total. The molecule has 2 aromatic carbocycles. The number of hydrogen-bond acceptors (Lipinski definition) is 3. The molecule has 0 aliphatic rings. The predicted octanol–water partition coefficient (Wildman–Crippen LogP) is 6.91. The fraction of sp³-hybridized carbons (Fsp3) is 0.250. The lowest BCUT2D eigenvalue weighted by Gasteiger charge is -2.31. The van der Waals surface area contributed by atoms with Gasteiger partial charge in [0, 0.05) is 18.2 Å². The second-order valence-corrected chi connectivity index (χ2v) is 6.37. The Kier molecular flexibility index (Phi) is 7.75. The summed E-state index contributed by atoms with van der Waals surface area (Å²) in [5, 5.41) is 0. The molecule has 3 nitrogen and oxygen atoms in total. The largest absolute Gasteiger partial charge is 0.470 e. The summed E-state index contributed by atoms with van der Waals surface area (Å²) in [5.41, 5.74) is 2.00. The second-order valence-electron chi connectivity index (χ2n) is 6.37. The molecule has 0 aliphatic heterocycles. The first kappa shape index (κ1) is 20.4. The Morgan fingerprint density at radius 3 is 2.41 bits per heavy atom. The molecular weight excluding hydrogens is 334 g/mol. The van der Waals surface area contributed by atoms with Crippen molar-refractivity contribution in [3.05, 3.63) is 91.5 Å². The van der Waals surface area contributed by atoms with Gasteiger partial charge in [-0.15, -0.1) is 0 Å². The van der Waals surface area contributed by atoms with Crippen LogP contribution in [0.1, 0.15) is 27.2 Å². The Hall–Kier alpha value is -2.94. The number of allylic oxidation sites excluding steroid dienone is 2. The highest BCUT2D eigenvalue weighted by molar-refractivity contribution is 5.63. The van der Waals surface area contributed by atoms with Gasteiger partial charge in [0.15, 0.2) is 5.75 Å². The van der Waals surface area contributed by atoms with Gasteiger partial charge in [-0.05, 0) is 37.6 Å². The lowest BCUT2D eigenvalue weighted by Crippen LogP contribution is -2.28. The zero-order chi connectivity index (χ0) is 19.6. The smallest absolute Gasteiger partial charge is 0.151 e. The number of nitrogens with zero attached hydrogens (tertiary/aromatic N) is 1. The number of benzene rings is 2. The van der Waals surface area contributed by atoms with Crippen molar-refractivity contribution in [2.24, 2.45) is 5.92 Å². The molecule has 142 valence electrons. The zero-order valence-electron chi connectivity index (χ0n) is 16.5. The number of rotatable bonds is 10. The van der Waals surface area contributed by atoms with E-state index in [0.29, 0.717) is 6.54 Å². The molecule has 27 heavy (non-hydrogen) atoms. The van der Waals surface area contributed by atoms with Crippen molar-refractivity contribution in [3.63, 3.8) is 0 Å². The number of hydrogen-bond donors (Lipinski definition) is 0. The van der Waals surface area contributed by atoms with E-state index in [1.54, 1.807) is 6.26 Å². The Balaban J connectivity index is 2.28. The highest BCUT2D eigenvalue weighted by atomic mass is 16.5. The first-order valence-electron chi connectivity index (χ1n) is 9.30. The van der Waals surface area contributed by atoms with Crippen molar-refractivity contribution in [2.45, 2.75) is 27.2 Å². The average Bonchev–Trinajstić information content (AvgIpc) is 2.70. The van der Waals surface area contributed by atoms with Crippen LogP contribution < -0.4 is 9.64 Å². The van der Waals surface area contributed by atoms with Crippen LogP contribution in [-0.4, -0.2) is 6.54 Å². The maximum atomic E-state index is 6.14.